The summed E-state index contributed by atoms with van der Waals surface area (Å²) >= 11 is 0. The summed E-state index contributed by atoms with van der Waals surface area (Å²) < 4.78 is 5.22. The summed E-state index contributed by atoms with van der Waals surface area (Å²) in [5.41, 5.74) is 1.32. The van der Waals surface area contributed by atoms with Crippen LogP contribution in [0.3, 0.4) is 0 Å². The van der Waals surface area contributed by atoms with Gasteiger partial charge < -0.3 is 9.64 Å². The number of aromatic nitrogens is 2. The van der Waals surface area contributed by atoms with Crippen LogP contribution in [0.2, 0.25) is 0 Å². The molecule has 25 heavy (non-hydrogen) atoms. The zero-order valence-electron chi connectivity index (χ0n) is 15.4. The highest BCUT2D eigenvalue weighted by atomic mass is 16.5. The SMILES string of the molecule is COCCCN(C(=O)c1cnc(C)cn1)[C@@H]1C[C@H]2C[C@H]1[C@H]1CCC[C@@H]21. The van der Waals surface area contributed by atoms with Gasteiger partial charge in [-0.15, -0.1) is 0 Å². The third kappa shape index (κ3) is 3.07. The molecule has 5 atom stereocenters. The fourth-order valence-electron chi connectivity index (χ4n) is 5.84. The monoisotopic (exact) mass is 343 g/mol. The molecule has 0 spiro atoms. The second-order valence-corrected chi connectivity index (χ2v) is 8.11. The van der Waals surface area contributed by atoms with Gasteiger partial charge in [-0.05, 0) is 62.7 Å². The number of carbonyl (C=O) groups is 1. The average Bonchev–Trinajstić information content (AvgIpc) is 3.31. The van der Waals surface area contributed by atoms with Gasteiger partial charge in [-0.2, -0.15) is 0 Å². The number of fused-ring (bicyclic) bond motifs is 5. The van der Waals surface area contributed by atoms with Crippen molar-refractivity contribution >= 4 is 5.91 Å². The van der Waals surface area contributed by atoms with Crippen LogP contribution in [-0.4, -0.2) is 47.1 Å². The van der Waals surface area contributed by atoms with Crippen molar-refractivity contribution in [3.05, 3.63) is 23.8 Å². The molecule has 1 aromatic rings. The molecular weight excluding hydrogens is 314 g/mol. The van der Waals surface area contributed by atoms with Crippen molar-refractivity contribution in [3.8, 4) is 0 Å². The molecule has 4 rings (SSSR count). The van der Waals surface area contributed by atoms with E-state index in [1.165, 1.54) is 32.1 Å². The van der Waals surface area contributed by atoms with Crippen LogP contribution in [0.1, 0.15) is 54.7 Å². The molecule has 0 saturated heterocycles. The quantitative estimate of drug-likeness (QED) is 0.745. The average molecular weight is 343 g/mol. The highest BCUT2D eigenvalue weighted by molar-refractivity contribution is 5.92. The predicted molar refractivity (Wildman–Crippen MR) is 95.1 cm³/mol. The first kappa shape index (κ1) is 17.0. The topological polar surface area (TPSA) is 55.3 Å². The minimum absolute atomic E-state index is 0.0516. The molecule has 0 unspecified atom stereocenters. The first-order valence-corrected chi connectivity index (χ1v) is 9.77. The van der Waals surface area contributed by atoms with E-state index in [1.807, 2.05) is 6.92 Å². The molecule has 1 amide bonds. The van der Waals surface area contributed by atoms with E-state index in [9.17, 15) is 4.79 Å². The van der Waals surface area contributed by atoms with Gasteiger partial charge in [0.25, 0.3) is 5.91 Å². The molecule has 1 aromatic heterocycles. The first-order chi connectivity index (χ1) is 12.2. The molecule has 5 heteroatoms. The van der Waals surface area contributed by atoms with Gasteiger partial charge in [0.05, 0.1) is 11.9 Å². The standard InChI is InChI=1S/C20H29N3O2/c1-13-11-22-18(12-21-13)20(24)23(7-4-8-25-2)19-10-14-9-17(19)16-6-3-5-15(14)16/h11-12,14-17,19H,3-10H2,1-2H3/t14-,15+,16+,17+,19-/m1/s1. The van der Waals surface area contributed by atoms with Crippen LogP contribution >= 0.6 is 0 Å². The lowest BCUT2D eigenvalue weighted by atomic mass is 9.78. The lowest BCUT2D eigenvalue weighted by molar-refractivity contribution is 0.0487. The third-order valence-corrected chi connectivity index (χ3v) is 6.80. The Hall–Kier alpha value is -1.49. The Bertz CT molecular complexity index is 618. The van der Waals surface area contributed by atoms with Crippen LogP contribution in [0.25, 0.3) is 0 Å². The second kappa shape index (κ2) is 7.02. The van der Waals surface area contributed by atoms with Crippen molar-refractivity contribution in [1.29, 1.82) is 0 Å². The maximum atomic E-state index is 13.2. The van der Waals surface area contributed by atoms with Crippen LogP contribution in [-0.2, 0) is 4.74 Å². The van der Waals surface area contributed by atoms with E-state index in [-0.39, 0.29) is 5.91 Å². The Morgan fingerprint density at radius 3 is 2.80 bits per heavy atom. The number of hydrogen-bond acceptors (Lipinski definition) is 4. The molecule has 0 radical (unpaired) electrons. The summed E-state index contributed by atoms with van der Waals surface area (Å²) in [6.45, 7) is 3.34. The lowest BCUT2D eigenvalue weighted by Crippen LogP contribution is -2.47. The van der Waals surface area contributed by atoms with Crippen molar-refractivity contribution in [1.82, 2.24) is 14.9 Å². The van der Waals surface area contributed by atoms with Crippen molar-refractivity contribution in [2.24, 2.45) is 23.7 Å². The molecule has 0 aromatic carbocycles. The van der Waals surface area contributed by atoms with E-state index >= 15 is 0 Å². The minimum atomic E-state index is 0.0516. The maximum Gasteiger partial charge on any atom is 0.274 e. The van der Waals surface area contributed by atoms with Crippen LogP contribution in [0.5, 0.6) is 0 Å². The van der Waals surface area contributed by atoms with Gasteiger partial charge in [0.1, 0.15) is 5.69 Å². The minimum Gasteiger partial charge on any atom is -0.385 e. The van der Waals surface area contributed by atoms with Gasteiger partial charge in [0.15, 0.2) is 0 Å². The van der Waals surface area contributed by atoms with E-state index in [0.717, 1.165) is 36.4 Å². The predicted octanol–water partition coefficient (Wildman–Crippen LogP) is 3.09. The molecule has 3 aliphatic rings. The fraction of sp³-hybridized carbons (Fsp3) is 0.750. The van der Waals surface area contributed by atoms with Crippen molar-refractivity contribution in [2.45, 2.75) is 51.5 Å². The Kier molecular flexibility index (Phi) is 4.76. The van der Waals surface area contributed by atoms with Crippen LogP contribution in [0.4, 0.5) is 0 Å². The molecular formula is C20H29N3O2. The van der Waals surface area contributed by atoms with E-state index in [2.05, 4.69) is 14.9 Å². The van der Waals surface area contributed by atoms with Crippen molar-refractivity contribution in [2.75, 3.05) is 20.3 Å². The summed E-state index contributed by atoms with van der Waals surface area (Å²) in [5, 5.41) is 0. The number of hydrogen-bond donors (Lipinski definition) is 0. The maximum absolute atomic E-state index is 13.2. The van der Waals surface area contributed by atoms with Gasteiger partial charge in [-0.25, -0.2) is 4.98 Å². The fourth-order valence-corrected chi connectivity index (χ4v) is 5.84. The summed E-state index contributed by atoms with van der Waals surface area (Å²) in [6, 6.07) is 0.386. The molecule has 3 saturated carbocycles. The number of methoxy groups -OCH3 is 1. The number of aryl methyl sites for hydroxylation is 1. The molecule has 3 aliphatic carbocycles. The van der Waals surface area contributed by atoms with E-state index in [4.69, 9.17) is 4.74 Å². The molecule has 3 fully saturated rings. The summed E-state index contributed by atoms with van der Waals surface area (Å²) in [7, 11) is 1.72. The second-order valence-electron chi connectivity index (χ2n) is 8.11. The highest BCUT2D eigenvalue weighted by Crippen LogP contribution is 2.59. The van der Waals surface area contributed by atoms with Gasteiger partial charge in [-0.3, -0.25) is 9.78 Å². The Morgan fingerprint density at radius 2 is 2.04 bits per heavy atom. The first-order valence-electron chi connectivity index (χ1n) is 9.77. The van der Waals surface area contributed by atoms with Gasteiger partial charge >= 0.3 is 0 Å². The zero-order valence-corrected chi connectivity index (χ0v) is 15.4. The summed E-state index contributed by atoms with van der Waals surface area (Å²) in [4.78, 5) is 23.9. The number of nitrogens with zero attached hydrogens (tertiary/aromatic N) is 3. The number of ether oxygens (including phenoxy) is 1. The number of rotatable bonds is 6. The third-order valence-electron chi connectivity index (χ3n) is 6.80. The Morgan fingerprint density at radius 1 is 1.20 bits per heavy atom. The van der Waals surface area contributed by atoms with Crippen LogP contribution in [0, 0.1) is 30.6 Å². The number of amides is 1. The van der Waals surface area contributed by atoms with Crippen molar-refractivity contribution in [3.63, 3.8) is 0 Å². The molecule has 0 N–H and O–H groups in total. The largest absolute Gasteiger partial charge is 0.385 e. The summed E-state index contributed by atoms with van der Waals surface area (Å²) in [6.07, 6.45) is 10.9. The molecule has 136 valence electrons. The van der Waals surface area contributed by atoms with Gasteiger partial charge in [0.2, 0.25) is 0 Å². The number of carbonyl (C=O) groups excluding carboxylic acids is 1. The Labute approximate surface area is 150 Å². The molecule has 0 aliphatic heterocycles. The van der Waals surface area contributed by atoms with E-state index < -0.39 is 0 Å². The zero-order chi connectivity index (χ0) is 17.4. The van der Waals surface area contributed by atoms with Crippen molar-refractivity contribution < 1.29 is 9.53 Å². The smallest absolute Gasteiger partial charge is 0.274 e. The molecule has 1 heterocycles. The summed E-state index contributed by atoms with van der Waals surface area (Å²) in [5.74, 6) is 3.38. The van der Waals surface area contributed by atoms with Crippen LogP contribution < -0.4 is 0 Å². The molecule has 5 nitrogen and oxygen atoms in total. The van der Waals surface area contributed by atoms with E-state index in [1.54, 1.807) is 19.5 Å². The lowest BCUT2D eigenvalue weighted by Gasteiger charge is -2.39. The van der Waals surface area contributed by atoms with Crippen LogP contribution in [0.15, 0.2) is 12.4 Å². The van der Waals surface area contributed by atoms with Gasteiger partial charge in [-0.1, -0.05) is 6.42 Å². The molecule has 2 bridgehead atoms. The van der Waals surface area contributed by atoms with E-state index in [0.29, 0.717) is 24.3 Å². The highest BCUT2D eigenvalue weighted by Gasteiger charge is 2.55. The van der Waals surface area contributed by atoms with Gasteiger partial charge in [0, 0.05) is 32.5 Å². The Balaban J connectivity index is 1.54. The normalized spacial score (nSPS) is 32.8.